The highest BCUT2D eigenvalue weighted by molar-refractivity contribution is 7.78. The summed E-state index contributed by atoms with van der Waals surface area (Å²) in [6, 6.07) is 11.7. The number of aromatic nitrogens is 1. The highest BCUT2D eigenvalue weighted by Crippen LogP contribution is 2.20. The number of carbonyl (C=O) groups is 1. The highest BCUT2D eigenvalue weighted by atomic mass is 32.1. The van der Waals surface area contributed by atoms with Crippen LogP contribution in [-0.4, -0.2) is 16.1 Å². The Morgan fingerprint density at radius 2 is 2.17 bits per heavy atom. The summed E-state index contributed by atoms with van der Waals surface area (Å²) >= 11 is 4.51. The largest absolute Gasteiger partial charge is 0.422 e. The van der Waals surface area contributed by atoms with Gasteiger partial charge >= 0.3 is 5.97 Å². The SMILES string of the molecule is O=C(Oc1cccc(N=C=S)c1)c1ccccn1. The van der Waals surface area contributed by atoms with Crippen molar-refractivity contribution in [3.63, 3.8) is 0 Å². The normalized spacial score (nSPS) is 9.33. The van der Waals surface area contributed by atoms with Gasteiger partial charge in [0.15, 0.2) is 0 Å². The average molecular weight is 256 g/mol. The van der Waals surface area contributed by atoms with E-state index in [1.807, 2.05) is 0 Å². The van der Waals surface area contributed by atoms with Gasteiger partial charge in [-0.2, -0.15) is 4.99 Å². The van der Waals surface area contributed by atoms with Crippen LogP contribution in [0.4, 0.5) is 5.69 Å². The second-order valence-electron chi connectivity index (χ2n) is 3.30. The van der Waals surface area contributed by atoms with E-state index in [-0.39, 0.29) is 5.69 Å². The molecule has 88 valence electrons. The second-order valence-corrected chi connectivity index (χ2v) is 3.49. The molecule has 1 heterocycles. The molecule has 1 aromatic carbocycles. The van der Waals surface area contributed by atoms with Gasteiger partial charge in [0.25, 0.3) is 0 Å². The van der Waals surface area contributed by atoms with Gasteiger partial charge in [-0.3, -0.25) is 0 Å². The molecule has 0 radical (unpaired) electrons. The molecular formula is C13H8N2O2S. The summed E-state index contributed by atoms with van der Waals surface area (Å²) in [7, 11) is 0. The minimum Gasteiger partial charge on any atom is -0.422 e. The molecule has 0 aliphatic rings. The fraction of sp³-hybridized carbons (Fsp3) is 0. The number of pyridine rings is 1. The molecule has 0 aliphatic heterocycles. The number of nitrogens with zero attached hydrogens (tertiary/aromatic N) is 2. The number of hydrogen-bond donors (Lipinski definition) is 0. The van der Waals surface area contributed by atoms with Crippen molar-refractivity contribution in [2.45, 2.75) is 0 Å². The quantitative estimate of drug-likeness (QED) is 0.366. The summed E-state index contributed by atoms with van der Waals surface area (Å²) in [5, 5.41) is 2.25. The first kappa shape index (κ1) is 12.1. The maximum atomic E-state index is 11.7. The van der Waals surface area contributed by atoms with Crippen LogP contribution in [0.15, 0.2) is 53.7 Å². The maximum Gasteiger partial charge on any atom is 0.362 e. The van der Waals surface area contributed by atoms with Crippen LogP contribution >= 0.6 is 12.2 Å². The lowest BCUT2D eigenvalue weighted by molar-refractivity contribution is 0.0729. The molecule has 0 fully saturated rings. The van der Waals surface area contributed by atoms with Crippen molar-refractivity contribution in [3.8, 4) is 5.75 Å². The van der Waals surface area contributed by atoms with Crippen LogP contribution in [0.25, 0.3) is 0 Å². The van der Waals surface area contributed by atoms with Crippen molar-refractivity contribution in [1.29, 1.82) is 0 Å². The van der Waals surface area contributed by atoms with E-state index in [1.165, 1.54) is 6.20 Å². The van der Waals surface area contributed by atoms with Gasteiger partial charge < -0.3 is 4.74 Å². The minimum absolute atomic E-state index is 0.251. The van der Waals surface area contributed by atoms with Gasteiger partial charge in [-0.15, -0.1) is 0 Å². The van der Waals surface area contributed by atoms with E-state index >= 15 is 0 Å². The first-order valence-electron chi connectivity index (χ1n) is 5.11. The molecule has 4 nitrogen and oxygen atoms in total. The molecule has 0 N–H and O–H groups in total. The van der Waals surface area contributed by atoms with E-state index in [0.29, 0.717) is 11.4 Å². The molecule has 0 saturated carbocycles. The molecule has 2 aromatic rings. The zero-order chi connectivity index (χ0) is 12.8. The molecule has 18 heavy (non-hydrogen) atoms. The van der Waals surface area contributed by atoms with Crippen molar-refractivity contribution in [2.75, 3.05) is 0 Å². The lowest BCUT2D eigenvalue weighted by atomic mass is 10.3. The van der Waals surface area contributed by atoms with E-state index in [0.717, 1.165) is 0 Å². The van der Waals surface area contributed by atoms with Crippen LogP contribution in [0.5, 0.6) is 5.75 Å². The fourth-order valence-electron chi connectivity index (χ4n) is 1.31. The Morgan fingerprint density at radius 3 is 2.89 bits per heavy atom. The highest BCUT2D eigenvalue weighted by Gasteiger charge is 2.09. The van der Waals surface area contributed by atoms with Crippen LogP contribution in [0.1, 0.15) is 10.5 Å². The van der Waals surface area contributed by atoms with Crippen LogP contribution in [0, 0.1) is 0 Å². The Labute approximate surface area is 109 Å². The molecule has 0 bridgehead atoms. The Morgan fingerprint density at radius 1 is 1.28 bits per heavy atom. The number of benzene rings is 1. The Bertz CT molecular complexity index is 607. The first-order valence-corrected chi connectivity index (χ1v) is 5.51. The standard InChI is InChI=1S/C13H8N2O2S/c16-13(12-6-1-2-7-14-12)17-11-5-3-4-10(8-11)15-9-18/h1-8H. The predicted molar refractivity (Wildman–Crippen MR) is 70.3 cm³/mol. The molecule has 0 aliphatic carbocycles. The van der Waals surface area contributed by atoms with Gasteiger partial charge in [-0.25, -0.2) is 9.78 Å². The van der Waals surface area contributed by atoms with Gasteiger partial charge in [0.1, 0.15) is 11.4 Å². The number of isothiocyanates is 1. The maximum absolute atomic E-state index is 11.7. The van der Waals surface area contributed by atoms with E-state index in [1.54, 1.807) is 42.5 Å². The zero-order valence-electron chi connectivity index (χ0n) is 9.24. The van der Waals surface area contributed by atoms with Crippen LogP contribution in [0.3, 0.4) is 0 Å². The number of aliphatic imine (C=N–C) groups is 1. The van der Waals surface area contributed by atoms with E-state index in [4.69, 9.17) is 4.74 Å². The van der Waals surface area contributed by atoms with Gasteiger partial charge in [0.05, 0.1) is 10.8 Å². The van der Waals surface area contributed by atoms with Gasteiger partial charge in [-0.05, 0) is 36.5 Å². The molecule has 2 rings (SSSR count). The van der Waals surface area contributed by atoms with Gasteiger partial charge in [-0.1, -0.05) is 12.1 Å². The number of ether oxygens (including phenoxy) is 1. The predicted octanol–water partition coefficient (Wildman–Crippen LogP) is 3.04. The molecular weight excluding hydrogens is 248 g/mol. The molecule has 0 amide bonds. The van der Waals surface area contributed by atoms with Crippen LogP contribution in [-0.2, 0) is 0 Å². The lowest BCUT2D eigenvalue weighted by Gasteiger charge is -2.03. The summed E-state index contributed by atoms with van der Waals surface area (Å²) in [6.07, 6.45) is 1.53. The van der Waals surface area contributed by atoms with Crippen LogP contribution in [0.2, 0.25) is 0 Å². The topological polar surface area (TPSA) is 51.5 Å². The molecule has 5 heteroatoms. The third kappa shape index (κ3) is 3.07. The van der Waals surface area contributed by atoms with E-state index in [2.05, 4.69) is 27.4 Å². The Hall–Kier alpha value is -2.36. The van der Waals surface area contributed by atoms with Crippen molar-refractivity contribution in [2.24, 2.45) is 4.99 Å². The summed E-state index contributed by atoms with van der Waals surface area (Å²) < 4.78 is 5.16. The van der Waals surface area contributed by atoms with Crippen molar-refractivity contribution in [1.82, 2.24) is 4.98 Å². The summed E-state index contributed by atoms with van der Waals surface area (Å²) in [5.74, 6) is -0.128. The van der Waals surface area contributed by atoms with Crippen molar-refractivity contribution < 1.29 is 9.53 Å². The molecule has 0 spiro atoms. The van der Waals surface area contributed by atoms with Crippen molar-refractivity contribution in [3.05, 3.63) is 54.4 Å². The molecule has 0 saturated heterocycles. The average Bonchev–Trinajstić information content (AvgIpc) is 2.40. The fourth-order valence-corrected chi connectivity index (χ4v) is 1.42. The lowest BCUT2D eigenvalue weighted by Crippen LogP contribution is -2.09. The molecule has 0 unspecified atom stereocenters. The van der Waals surface area contributed by atoms with Crippen molar-refractivity contribution >= 4 is 29.0 Å². The van der Waals surface area contributed by atoms with E-state index < -0.39 is 5.97 Å². The third-order valence-corrected chi connectivity index (χ3v) is 2.17. The molecule has 1 aromatic heterocycles. The second kappa shape index (κ2) is 5.82. The Kier molecular flexibility index (Phi) is 3.91. The number of rotatable bonds is 3. The zero-order valence-corrected chi connectivity index (χ0v) is 10.1. The summed E-state index contributed by atoms with van der Waals surface area (Å²) in [6.45, 7) is 0. The number of carbonyl (C=O) groups excluding carboxylic acids is 1. The van der Waals surface area contributed by atoms with E-state index in [9.17, 15) is 4.79 Å². The third-order valence-electron chi connectivity index (χ3n) is 2.08. The summed E-state index contributed by atoms with van der Waals surface area (Å²) in [5.41, 5.74) is 0.831. The monoisotopic (exact) mass is 256 g/mol. The Balaban J connectivity index is 2.17. The van der Waals surface area contributed by atoms with Crippen LogP contribution < -0.4 is 4.74 Å². The first-order chi connectivity index (χ1) is 8.79. The van der Waals surface area contributed by atoms with Gasteiger partial charge in [0.2, 0.25) is 0 Å². The number of hydrogen-bond acceptors (Lipinski definition) is 5. The smallest absolute Gasteiger partial charge is 0.362 e. The summed E-state index contributed by atoms with van der Waals surface area (Å²) in [4.78, 5) is 19.4. The van der Waals surface area contributed by atoms with Gasteiger partial charge in [0, 0.05) is 12.3 Å². The minimum atomic E-state index is -0.515. The molecule has 0 atom stereocenters. The number of esters is 1. The number of thiocarbonyl (C=S) groups is 1.